The van der Waals surface area contributed by atoms with Crippen LogP contribution in [-0.2, 0) is 9.59 Å². The molecule has 0 aliphatic carbocycles. The monoisotopic (exact) mass is 263 g/mol. The predicted octanol–water partition coefficient (Wildman–Crippen LogP) is -0.0469. The van der Waals surface area contributed by atoms with E-state index in [2.05, 4.69) is 17.2 Å². The van der Waals surface area contributed by atoms with Crippen LogP contribution < -0.4 is 10.6 Å². The molecule has 4 N–H and O–H groups in total. The van der Waals surface area contributed by atoms with Crippen molar-refractivity contribution in [1.82, 2.24) is 10.6 Å². The first-order valence-electron chi connectivity index (χ1n) is 5.31. The molecule has 0 bridgehead atoms. The topological polar surface area (TPSA) is 122 Å². The third-order valence-electron chi connectivity index (χ3n) is 2.75. The van der Waals surface area contributed by atoms with Crippen LogP contribution in [0.2, 0.25) is 0 Å². The first-order valence-corrected chi connectivity index (χ1v) is 5.31. The SMILES string of the molecule is C=CNC(CC1(C#N)C=CC=CN1)(C(=O)O)C(=O)O. The van der Waals surface area contributed by atoms with E-state index >= 15 is 0 Å². The van der Waals surface area contributed by atoms with Gasteiger partial charge in [0.1, 0.15) is 5.54 Å². The summed E-state index contributed by atoms with van der Waals surface area (Å²) in [6.45, 7) is 3.28. The Morgan fingerprint density at radius 2 is 2.11 bits per heavy atom. The van der Waals surface area contributed by atoms with Gasteiger partial charge in [0, 0.05) is 6.42 Å². The van der Waals surface area contributed by atoms with E-state index < -0.39 is 29.4 Å². The molecule has 0 saturated heterocycles. The summed E-state index contributed by atoms with van der Waals surface area (Å²) in [5.74, 6) is -3.20. The van der Waals surface area contributed by atoms with Gasteiger partial charge in [0.2, 0.25) is 5.54 Å². The molecular weight excluding hydrogens is 250 g/mol. The molecule has 1 unspecified atom stereocenters. The van der Waals surface area contributed by atoms with E-state index in [-0.39, 0.29) is 0 Å². The maximum Gasteiger partial charge on any atom is 0.341 e. The fourth-order valence-corrected chi connectivity index (χ4v) is 1.75. The highest BCUT2D eigenvalue weighted by Gasteiger charge is 2.52. The molecule has 100 valence electrons. The van der Waals surface area contributed by atoms with Gasteiger partial charge in [-0.3, -0.25) is 0 Å². The van der Waals surface area contributed by atoms with Crippen LogP contribution in [0.25, 0.3) is 0 Å². The van der Waals surface area contributed by atoms with Gasteiger partial charge in [-0.15, -0.1) is 0 Å². The number of carbonyl (C=O) groups is 2. The van der Waals surface area contributed by atoms with Crippen molar-refractivity contribution in [3.63, 3.8) is 0 Å². The fourth-order valence-electron chi connectivity index (χ4n) is 1.75. The lowest BCUT2D eigenvalue weighted by Gasteiger charge is -2.34. The minimum Gasteiger partial charge on any atom is -0.479 e. The normalized spacial score (nSPS) is 21.0. The summed E-state index contributed by atoms with van der Waals surface area (Å²) >= 11 is 0. The number of hydrogen-bond acceptors (Lipinski definition) is 5. The van der Waals surface area contributed by atoms with Gasteiger partial charge in [0.05, 0.1) is 6.07 Å². The van der Waals surface area contributed by atoms with E-state index in [0.717, 1.165) is 6.20 Å². The summed E-state index contributed by atoms with van der Waals surface area (Å²) in [5, 5.41) is 32.5. The van der Waals surface area contributed by atoms with E-state index in [4.69, 9.17) is 0 Å². The Balaban J connectivity index is 3.20. The smallest absolute Gasteiger partial charge is 0.341 e. The van der Waals surface area contributed by atoms with Gasteiger partial charge in [-0.2, -0.15) is 5.26 Å². The van der Waals surface area contributed by atoms with Crippen LogP contribution >= 0.6 is 0 Å². The standard InChI is InChI=1S/C12H13N3O4/c1-2-14-12(9(16)17,10(18)19)7-11(8-13)5-3-4-6-15-11/h2-6,14-15H,1,7H2,(H,16,17)(H,18,19). The first-order chi connectivity index (χ1) is 8.92. The Morgan fingerprint density at radius 1 is 1.47 bits per heavy atom. The highest BCUT2D eigenvalue weighted by Crippen LogP contribution is 2.25. The summed E-state index contributed by atoms with van der Waals surface area (Å²) in [7, 11) is 0. The molecule has 0 amide bonds. The second-order valence-corrected chi connectivity index (χ2v) is 3.99. The van der Waals surface area contributed by atoms with Crippen molar-refractivity contribution >= 4 is 11.9 Å². The number of carboxylic acid groups (broad SMARTS) is 2. The molecule has 19 heavy (non-hydrogen) atoms. The largest absolute Gasteiger partial charge is 0.479 e. The fraction of sp³-hybridized carbons (Fsp3) is 0.250. The molecule has 0 radical (unpaired) electrons. The Labute approximate surface area is 109 Å². The zero-order valence-electron chi connectivity index (χ0n) is 9.96. The lowest BCUT2D eigenvalue weighted by Crippen LogP contribution is -2.62. The van der Waals surface area contributed by atoms with Crippen LogP contribution in [0, 0.1) is 11.3 Å². The van der Waals surface area contributed by atoms with E-state index in [1.165, 1.54) is 12.3 Å². The molecule has 0 saturated carbocycles. The molecule has 0 aromatic carbocycles. The predicted molar refractivity (Wildman–Crippen MR) is 65.7 cm³/mol. The molecule has 0 aromatic heterocycles. The third-order valence-corrected chi connectivity index (χ3v) is 2.75. The van der Waals surface area contributed by atoms with Gasteiger partial charge in [-0.25, -0.2) is 9.59 Å². The van der Waals surface area contributed by atoms with E-state index in [1.807, 2.05) is 6.07 Å². The second kappa shape index (κ2) is 5.27. The number of nitriles is 1. The van der Waals surface area contributed by atoms with Crippen LogP contribution in [0.3, 0.4) is 0 Å². The zero-order valence-corrected chi connectivity index (χ0v) is 9.96. The van der Waals surface area contributed by atoms with Crippen LogP contribution in [0.4, 0.5) is 0 Å². The minimum atomic E-state index is -2.33. The van der Waals surface area contributed by atoms with Crippen molar-refractivity contribution in [2.75, 3.05) is 0 Å². The van der Waals surface area contributed by atoms with Gasteiger partial charge < -0.3 is 20.8 Å². The van der Waals surface area contributed by atoms with Crippen molar-refractivity contribution in [1.29, 1.82) is 5.26 Å². The van der Waals surface area contributed by atoms with Gasteiger partial charge in [-0.05, 0) is 24.6 Å². The molecule has 1 aliphatic heterocycles. The van der Waals surface area contributed by atoms with Gasteiger partial charge in [0.25, 0.3) is 0 Å². The first kappa shape index (κ1) is 14.3. The van der Waals surface area contributed by atoms with Crippen LogP contribution in [0.15, 0.2) is 37.2 Å². The number of nitrogens with one attached hydrogen (secondary N) is 2. The number of nitrogens with zero attached hydrogens (tertiary/aromatic N) is 1. The summed E-state index contributed by atoms with van der Waals surface area (Å²) in [5.41, 5.74) is -3.75. The highest BCUT2D eigenvalue weighted by atomic mass is 16.4. The van der Waals surface area contributed by atoms with Gasteiger partial charge in [-0.1, -0.05) is 12.7 Å². The van der Waals surface area contributed by atoms with Crippen molar-refractivity contribution in [3.05, 3.63) is 37.2 Å². The van der Waals surface area contributed by atoms with Crippen molar-refractivity contribution in [2.24, 2.45) is 0 Å². The molecule has 0 spiro atoms. The average Bonchev–Trinajstić information content (AvgIpc) is 2.38. The molecule has 1 heterocycles. The van der Waals surface area contributed by atoms with Crippen molar-refractivity contribution < 1.29 is 19.8 Å². The van der Waals surface area contributed by atoms with E-state index in [0.29, 0.717) is 0 Å². The minimum absolute atomic E-state index is 0.506. The molecule has 7 heteroatoms. The number of rotatable bonds is 6. The van der Waals surface area contributed by atoms with Crippen LogP contribution in [0.5, 0.6) is 0 Å². The number of carboxylic acids is 2. The van der Waals surface area contributed by atoms with Crippen LogP contribution in [0.1, 0.15) is 6.42 Å². The third kappa shape index (κ3) is 2.57. The maximum atomic E-state index is 11.3. The Hall–Kier alpha value is -2.75. The molecular formula is C12H13N3O4. The zero-order chi connectivity index (χ0) is 14.5. The molecule has 0 aromatic rings. The lowest BCUT2D eigenvalue weighted by atomic mass is 9.81. The van der Waals surface area contributed by atoms with Crippen molar-refractivity contribution in [2.45, 2.75) is 17.5 Å². The molecule has 1 rings (SSSR count). The quantitative estimate of drug-likeness (QED) is 0.495. The van der Waals surface area contributed by atoms with E-state index in [9.17, 15) is 25.1 Å². The molecule has 7 nitrogen and oxygen atoms in total. The average molecular weight is 263 g/mol. The van der Waals surface area contributed by atoms with E-state index in [1.54, 1.807) is 12.2 Å². The van der Waals surface area contributed by atoms with Crippen LogP contribution in [-0.4, -0.2) is 33.2 Å². The Kier molecular flexibility index (Phi) is 3.97. The number of dihydropyridines is 1. The summed E-state index contributed by atoms with van der Waals surface area (Å²) in [6.07, 6.45) is 6.50. The lowest BCUT2D eigenvalue weighted by molar-refractivity contribution is -0.159. The number of aliphatic carboxylic acids is 2. The maximum absolute atomic E-state index is 11.3. The van der Waals surface area contributed by atoms with Gasteiger partial charge >= 0.3 is 11.9 Å². The summed E-state index contributed by atoms with van der Waals surface area (Å²) in [6, 6.07) is 1.89. The Morgan fingerprint density at radius 3 is 2.47 bits per heavy atom. The summed E-state index contributed by atoms with van der Waals surface area (Å²) in [4.78, 5) is 22.6. The molecule has 1 atom stereocenters. The number of hydrogen-bond donors (Lipinski definition) is 4. The second-order valence-electron chi connectivity index (χ2n) is 3.99. The van der Waals surface area contributed by atoms with Crippen molar-refractivity contribution in [3.8, 4) is 6.07 Å². The Bertz CT molecular complexity index is 490. The number of allylic oxidation sites excluding steroid dienone is 2. The molecule has 0 fully saturated rings. The summed E-state index contributed by atoms with van der Waals surface area (Å²) < 4.78 is 0. The molecule has 1 aliphatic rings. The van der Waals surface area contributed by atoms with Gasteiger partial charge in [0.15, 0.2) is 0 Å². The highest BCUT2D eigenvalue weighted by molar-refractivity contribution is 6.03.